The van der Waals surface area contributed by atoms with Gasteiger partial charge in [0.1, 0.15) is 11.7 Å². The molecular formula is C27H37N3O3. The van der Waals surface area contributed by atoms with Crippen LogP contribution in [-0.4, -0.2) is 34.8 Å². The third-order valence-corrected chi connectivity index (χ3v) is 6.16. The molecule has 0 spiro atoms. The minimum absolute atomic E-state index is 0.0655. The molecule has 1 atom stereocenters. The first-order valence-electron chi connectivity index (χ1n) is 11.7. The summed E-state index contributed by atoms with van der Waals surface area (Å²) >= 11 is 0. The Labute approximate surface area is 197 Å². The highest BCUT2D eigenvalue weighted by atomic mass is 16.7. The predicted octanol–water partition coefficient (Wildman–Crippen LogP) is 5.78. The lowest BCUT2D eigenvalue weighted by molar-refractivity contribution is -0.162. The first-order chi connectivity index (χ1) is 15.5. The van der Waals surface area contributed by atoms with Crippen LogP contribution in [0.3, 0.4) is 0 Å². The zero-order valence-electron chi connectivity index (χ0n) is 21.2. The number of rotatable bonds is 9. The standard InChI is InChI=1S/C27H37N3O3/c1-9-27(7,8)25(31)33-17-32-24(22-15-18(3)29-30(22)10-2)23(21-16-28-21)19-11-13-20(14-12-19)26(4,5)6/h11-16,21H,9-10,17H2,1-8H3/b24-23+. The van der Waals surface area contributed by atoms with Crippen molar-refractivity contribution in [3.8, 4) is 0 Å². The lowest BCUT2D eigenvalue weighted by Crippen LogP contribution is -2.26. The Hall–Kier alpha value is -2.89. The molecule has 6 nitrogen and oxygen atoms in total. The summed E-state index contributed by atoms with van der Waals surface area (Å²) in [4.78, 5) is 17.0. The second-order valence-corrected chi connectivity index (χ2v) is 10.2. The predicted molar refractivity (Wildman–Crippen MR) is 133 cm³/mol. The van der Waals surface area contributed by atoms with E-state index in [0.29, 0.717) is 18.7 Å². The zero-order valence-corrected chi connectivity index (χ0v) is 21.2. The van der Waals surface area contributed by atoms with E-state index in [-0.39, 0.29) is 24.2 Å². The monoisotopic (exact) mass is 451 g/mol. The second-order valence-electron chi connectivity index (χ2n) is 10.2. The molecule has 0 N–H and O–H groups in total. The number of benzene rings is 1. The zero-order chi connectivity index (χ0) is 24.4. The summed E-state index contributed by atoms with van der Waals surface area (Å²) < 4.78 is 13.6. The van der Waals surface area contributed by atoms with Crippen molar-refractivity contribution in [1.82, 2.24) is 9.78 Å². The highest BCUT2D eigenvalue weighted by Crippen LogP contribution is 2.36. The molecule has 2 heterocycles. The van der Waals surface area contributed by atoms with Crippen LogP contribution in [0, 0.1) is 12.3 Å². The van der Waals surface area contributed by atoms with Crippen molar-refractivity contribution >= 4 is 23.5 Å². The molecule has 0 aliphatic carbocycles. The fourth-order valence-corrected chi connectivity index (χ4v) is 3.52. The van der Waals surface area contributed by atoms with Gasteiger partial charge in [-0.3, -0.25) is 14.5 Å². The van der Waals surface area contributed by atoms with Gasteiger partial charge < -0.3 is 9.47 Å². The molecule has 33 heavy (non-hydrogen) atoms. The van der Waals surface area contributed by atoms with E-state index in [4.69, 9.17) is 9.47 Å². The molecular weight excluding hydrogens is 414 g/mol. The van der Waals surface area contributed by atoms with Gasteiger partial charge in [0.15, 0.2) is 5.76 Å². The summed E-state index contributed by atoms with van der Waals surface area (Å²) in [6.45, 7) is 16.9. The number of carbonyl (C=O) groups excluding carboxylic acids is 1. The maximum Gasteiger partial charge on any atom is 0.314 e. The number of aromatic nitrogens is 2. The average molecular weight is 452 g/mol. The van der Waals surface area contributed by atoms with E-state index >= 15 is 0 Å². The quantitative estimate of drug-likeness (QED) is 0.275. The van der Waals surface area contributed by atoms with E-state index in [1.54, 1.807) is 0 Å². The van der Waals surface area contributed by atoms with Crippen LogP contribution < -0.4 is 0 Å². The Balaban J connectivity index is 2.02. The molecule has 1 unspecified atom stereocenters. The maximum atomic E-state index is 12.5. The van der Waals surface area contributed by atoms with E-state index < -0.39 is 5.41 Å². The number of nitrogens with zero attached hydrogens (tertiary/aromatic N) is 3. The lowest BCUT2D eigenvalue weighted by Gasteiger charge is -2.22. The number of carbonyl (C=O) groups is 1. The Morgan fingerprint density at radius 3 is 2.21 bits per heavy atom. The third kappa shape index (κ3) is 5.73. The molecule has 0 radical (unpaired) electrons. The molecule has 2 aromatic rings. The number of hydrogen-bond donors (Lipinski definition) is 0. The van der Waals surface area contributed by atoms with Crippen LogP contribution in [-0.2, 0) is 26.2 Å². The highest BCUT2D eigenvalue weighted by molar-refractivity contribution is 6.03. The van der Waals surface area contributed by atoms with Gasteiger partial charge in [0, 0.05) is 18.3 Å². The number of aliphatic imine (C=N–C) groups is 1. The van der Waals surface area contributed by atoms with Crippen LogP contribution in [0.2, 0.25) is 0 Å². The highest BCUT2D eigenvalue weighted by Gasteiger charge is 2.30. The van der Waals surface area contributed by atoms with Crippen LogP contribution in [0.4, 0.5) is 0 Å². The Kier molecular flexibility index (Phi) is 7.15. The molecule has 6 heteroatoms. The maximum absolute atomic E-state index is 12.5. The fourth-order valence-electron chi connectivity index (χ4n) is 3.52. The molecule has 1 aromatic carbocycles. The van der Waals surface area contributed by atoms with Crippen molar-refractivity contribution in [2.45, 2.75) is 79.8 Å². The Morgan fingerprint density at radius 1 is 1.06 bits per heavy atom. The van der Waals surface area contributed by atoms with Crippen molar-refractivity contribution in [2.24, 2.45) is 10.4 Å². The van der Waals surface area contributed by atoms with Crippen LogP contribution in [0.15, 0.2) is 35.3 Å². The number of aryl methyl sites for hydroxylation is 2. The van der Waals surface area contributed by atoms with Gasteiger partial charge in [-0.1, -0.05) is 52.0 Å². The minimum Gasteiger partial charge on any atom is -0.455 e. The molecule has 1 aliphatic rings. The van der Waals surface area contributed by atoms with Gasteiger partial charge in [0.2, 0.25) is 6.79 Å². The van der Waals surface area contributed by atoms with E-state index in [2.05, 4.69) is 55.1 Å². The summed E-state index contributed by atoms with van der Waals surface area (Å²) in [5.41, 5.74) is 4.51. The first-order valence-corrected chi connectivity index (χ1v) is 11.7. The van der Waals surface area contributed by atoms with Crippen LogP contribution in [0.1, 0.15) is 77.4 Å². The van der Waals surface area contributed by atoms with Crippen LogP contribution >= 0.6 is 0 Å². The van der Waals surface area contributed by atoms with Gasteiger partial charge in [-0.2, -0.15) is 5.10 Å². The number of esters is 1. The molecule has 0 saturated carbocycles. The Bertz CT molecular complexity index is 1050. The van der Waals surface area contributed by atoms with Crippen molar-refractivity contribution in [3.05, 3.63) is 52.8 Å². The van der Waals surface area contributed by atoms with Gasteiger partial charge in [0.25, 0.3) is 0 Å². The number of ether oxygens (including phenoxy) is 2. The Morgan fingerprint density at radius 2 is 1.70 bits per heavy atom. The third-order valence-electron chi connectivity index (χ3n) is 6.16. The molecule has 0 amide bonds. The molecule has 178 valence electrons. The molecule has 1 aromatic heterocycles. The minimum atomic E-state index is -0.555. The summed E-state index contributed by atoms with van der Waals surface area (Å²) in [5, 5.41) is 4.60. The average Bonchev–Trinajstić information content (AvgIpc) is 3.53. The molecule has 0 bridgehead atoms. The molecule has 0 saturated heterocycles. The summed E-state index contributed by atoms with van der Waals surface area (Å²) in [5.74, 6) is 0.369. The largest absolute Gasteiger partial charge is 0.455 e. The lowest BCUT2D eigenvalue weighted by atomic mass is 9.86. The van der Waals surface area contributed by atoms with E-state index in [9.17, 15) is 4.79 Å². The first kappa shape index (κ1) is 24.7. The molecule has 3 rings (SSSR count). The van der Waals surface area contributed by atoms with E-state index in [1.165, 1.54) is 5.56 Å². The van der Waals surface area contributed by atoms with Crippen molar-refractivity contribution < 1.29 is 14.3 Å². The fraction of sp³-hybridized carbons (Fsp3) is 0.519. The van der Waals surface area contributed by atoms with Crippen molar-refractivity contribution in [3.63, 3.8) is 0 Å². The number of hydrogen-bond acceptors (Lipinski definition) is 5. The van der Waals surface area contributed by atoms with Crippen molar-refractivity contribution in [2.75, 3.05) is 6.79 Å². The van der Waals surface area contributed by atoms with Gasteiger partial charge >= 0.3 is 5.97 Å². The van der Waals surface area contributed by atoms with Gasteiger partial charge in [-0.25, -0.2) is 0 Å². The van der Waals surface area contributed by atoms with Gasteiger partial charge in [0.05, 0.1) is 11.1 Å². The van der Waals surface area contributed by atoms with E-state index in [1.807, 2.05) is 51.6 Å². The molecule has 0 fully saturated rings. The second kappa shape index (κ2) is 9.54. The summed E-state index contributed by atoms with van der Waals surface area (Å²) in [7, 11) is 0. The van der Waals surface area contributed by atoms with E-state index in [0.717, 1.165) is 22.5 Å². The summed E-state index contributed by atoms with van der Waals surface area (Å²) in [6, 6.07) is 10.5. The van der Waals surface area contributed by atoms with Gasteiger partial charge in [-0.05, 0) is 56.7 Å². The van der Waals surface area contributed by atoms with Gasteiger partial charge in [-0.15, -0.1) is 0 Å². The van der Waals surface area contributed by atoms with Crippen molar-refractivity contribution in [1.29, 1.82) is 0 Å². The topological polar surface area (TPSA) is 65.7 Å². The molecule has 1 aliphatic heterocycles. The SMILES string of the molecule is CCn1nc(C)cc1/C(OCOC(=O)C(C)(C)CC)=C(/c1ccc(C(C)(C)C)cc1)C1C=N1. The summed E-state index contributed by atoms with van der Waals surface area (Å²) in [6.07, 6.45) is 2.60. The van der Waals surface area contributed by atoms with Crippen LogP contribution in [0.25, 0.3) is 11.3 Å². The smallest absolute Gasteiger partial charge is 0.314 e. The normalized spacial score (nSPS) is 16.4. The van der Waals surface area contributed by atoms with Crippen LogP contribution in [0.5, 0.6) is 0 Å².